The van der Waals surface area contributed by atoms with Gasteiger partial charge in [0.25, 0.3) is 0 Å². The summed E-state index contributed by atoms with van der Waals surface area (Å²) in [5.74, 6) is -0.562. The summed E-state index contributed by atoms with van der Waals surface area (Å²) in [4.78, 5) is 28.0. The molecule has 0 spiro atoms. The number of fused-ring (bicyclic) bond motifs is 2. The van der Waals surface area contributed by atoms with Crippen molar-refractivity contribution < 1.29 is 14.3 Å². The van der Waals surface area contributed by atoms with Gasteiger partial charge in [-0.1, -0.05) is 36.4 Å². The van der Waals surface area contributed by atoms with E-state index in [1.54, 1.807) is 13.1 Å². The number of carbonyl (C=O) groups excluding carboxylic acids is 2. The predicted molar refractivity (Wildman–Crippen MR) is 100 cm³/mol. The van der Waals surface area contributed by atoms with Crippen LogP contribution in [0.5, 0.6) is 0 Å². The smallest absolute Gasteiger partial charge is 0.310 e. The fourth-order valence-electron chi connectivity index (χ4n) is 3.69. The molecule has 1 aliphatic carbocycles. The van der Waals surface area contributed by atoms with Gasteiger partial charge in [-0.3, -0.25) is 9.59 Å². The zero-order chi connectivity index (χ0) is 18.1. The summed E-state index contributed by atoms with van der Waals surface area (Å²) in [6.07, 6.45) is 4.44. The predicted octanol–water partition coefficient (Wildman–Crippen LogP) is 4.01. The lowest BCUT2D eigenvalue weighted by atomic mass is 10.0. The highest BCUT2D eigenvalue weighted by atomic mass is 16.5. The Morgan fingerprint density at radius 1 is 1.12 bits per heavy atom. The molecule has 1 N–H and O–H groups in total. The van der Waals surface area contributed by atoms with Gasteiger partial charge in [0.1, 0.15) is 0 Å². The van der Waals surface area contributed by atoms with Crippen molar-refractivity contribution in [2.24, 2.45) is 0 Å². The monoisotopic (exact) mass is 347 g/mol. The SMILES string of the molecule is C[C@@H](OC(=O)Cc1ccc2c(c1)CCC2)C(=O)c1c[nH]c2ccccc12. The first kappa shape index (κ1) is 16.6. The zero-order valence-electron chi connectivity index (χ0n) is 14.7. The van der Waals surface area contributed by atoms with Crippen molar-refractivity contribution in [3.8, 4) is 0 Å². The Labute approximate surface area is 152 Å². The average Bonchev–Trinajstić information content (AvgIpc) is 3.27. The number of nitrogens with one attached hydrogen (secondary N) is 1. The van der Waals surface area contributed by atoms with Crippen LogP contribution in [0.15, 0.2) is 48.7 Å². The first-order valence-electron chi connectivity index (χ1n) is 9.02. The Bertz CT molecular complexity index is 986. The maximum atomic E-state index is 12.7. The number of benzene rings is 2. The lowest BCUT2D eigenvalue weighted by molar-refractivity contribution is -0.145. The number of Topliss-reactive ketones (excluding diaryl/α,β-unsaturated/α-hetero) is 1. The number of para-hydroxylation sites is 1. The molecule has 1 heterocycles. The van der Waals surface area contributed by atoms with Gasteiger partial charge in [-0.25, -0.2) is 0 Å². The fourth-order valence-corrected chi connectivity index (χ4v) is 3.69. The van der Waals surface area contributed by atoms with Gasteiger partial charge in [0.15, 0.2) is 6.10 Å². The Morgan fingerprint density at radius 2 is 1.92 bits per heavy atom. The van der Waals surface area contributed by atoms with Crippen LogP contribution in [0.3, 0.4) is 0 Å². The molecule has 0 radical (unpaired) electrons. The van der Waals surface area contributed by atoms with Crippen LogP contribution in [-0.2, 0) is 28.8 Å². The first-order chi connectivity index (χ1) is 12.6. The van der Waals surface area contributed by atoms with Crippen molar-refractivity contribution >= 4 is 22.7 Å². The Morgan fingerprint density at radius 3 is 2.81 bits per heavy atom. The van der Waals surface area contributed by atoms with Crippen molar-refractivity contribution in [1.82, 2.24) is 4.98 Å². The molecular formula is C22H21NO3. The molecule has 1 aromatic heterocycles. The van der Waals surface area contributed by atoms with Gasteiger partial charge in [-0.2, -0.15) is 0 Å². The molecule has 0 aliphatic heterocycles. The number of aromatic amines is 1. The molecule has 4 heteroatoms. The van der Waals surface area contributed by atoms with Gasteiger partial charge in [0.05, 0.1) is 6.42 Å². The summed E-state index contributed by atoms with van der Waals surface area (Å²) < 4.78 is 5.41. The third-order valence-electron chi connectivity index (χ3n) is 5.04. The average molecular weight is 347 g/mol. The number of ketones is 1. The Balaban J connectivity index is 1.43. The van der Waals surface area contributed by atoms with E-state index < -0.39 is 6.10 Å². The van der Waals surface area contributed by atoms with Crippen molar-refractivity contribution in [1.29, 1.82) is 0 Å². The van der Waals surface area contributed by atoms with Crippen LogP contribution in [0.1, 0.15) is 40.4 Å². The number of hydrogen-bond acceptors (Lipinski definition) is 3. The lowest BCUT2D eigenvalue weighted by Crippen LogP contribution is -2.25. The van der Waals surface area contributed by atoms with Crippen LogP contribution < -0.4 is 0 Å². The summed E-state index contributed by atoms with van der Waals surface area (Å²) in [5, 5.41) is 0.846. The number of hydrogen-bond donors (Lipinski definition) is 1. The summed E-state index contributed by atoms with van der Waals surface area (Å²) in [5.41, 5.74) is 5.11. The summed E-state index contributed by atoms with van der Waals surface area (Å²) >= 11 is 0. The van der Waals surface area contributed by atoms with Crippen LogP contribution in [-0.4, -0.2) is 22.8 Å². The van der Waals surface area contributed by atoms with E-state index in [4.69, 9.17) is 4.74 Å². The van der Waals surface area contributed by atoms with E-state index in [0.717, 1.165) is 29.3 Å². The van der Waals surface area contributed by atoms with E-state index in [2.05, 4.69) is 17.1 Å². The highest BCUT2D eigenvalue weighted by molar-refractivity contribution is 6.10. The molecule has 0 saturated carbocycles. The largest absolute Gasteiger partial charge is 0.454 e. The van der Waals surface area contributed by atoms with Gasteiger partial charge in [0, 0.05) is 22.7 Å². The van der Waals surface area contributed by atoms with Gasteiger partial charge < -0.3 is 9.72 Å². The Hall–Kier alpha value is -2.88. The number of aromatic nitrogens is 1. The molecule has 4 nitrogen and oxygen atoms in total. The molecule has 0 unspecified atom stereocenters. The van der Waals surface area contributed by atoms with Gasteiger partial charge in [-0.05, 0) is 48.9 Å². The first-order valence-corrected chi connectivity index (χ1v) is 9.02. The second kappa shape index (κ2) is 6.79. The molecule has 2 aromatic carbocycles. The van der Waals surface area contributed by atoms with Gasteiger partial charge >= 0.3 is 5.97 Å². The van der Waals surface area contributed by atoms with E-state index >= 15 is 0 Å². The van der Waals surface area contributed by atoms with Crippen LogP contribution >= 0.6 is 0 Å². The number of H-pyrrole nitrogens is 1. The van der Waals surface area contributed by atoms with Crippen LogP contribution in [0, 0.1) is 0 Å². The molecule has 26 heavy (non-hydrogen) atoms. The van der Waals surface area contributed by atoms with E-state index in [1.807, 2.05) is 30.3 Å². The third-order valence-corrected chi connectivity index (χ3v) is 5.04. The van der Waals surface area contributed by atoms with E-state index in [9.17, 15) is 9.59 Å². The summed E-state index contributed by atoms with van der Waals surface area (Å²) in [7, 11) is 0. The molecule has 0 saturated heterocycles. The van der Waals surface area contributed by atoms with Crippen LogP contribution in [0.2, 0.25) is 0 Å². The fraction of sp³-hybridized carbons (Fsp3) is 0.273. The third kappa shape index (κ3) is 3.15. The number of esters is 1. The number of carbonyl (C=O) groups is 2. The van der Waals surface area contributed by atoms with Gasteiger partial charge in [0.2, 0.25) is 5.78 Å². The highest BCUT2D eigenvalue weighted by Gasteiger charge is 2.22. The number of ether oxygens (including phenoxy) is 1. The molecule has 0 amide bonds. The van der Waals surface area contributed by atoms with E-state index in [1.165, 1.54) is 17.5 Å². The summed E-state index contributed by atoms with van der Waals surface area (Å²) in [6, 6.07) is 13.8. The number of rotatable bonds is 5. The second-order valence-electron chi connectivity index (χ2n) is 6.88. The van der Waals surface area contributed by atoms with Crippen molar-refractivity contribution in [3.63, 3.8) is 0 Å². The molecule has 132 valence electrons. The Kier molecular flexibility index (Phi) is 4.33. The minimum absolute atomic E-state index is 0.190. The van der Waals surface area contributed by atoms with E-state index in [-0.39, 0.29) is 18.2 Å². The van der Waals surface area contributed by atoms with E-state index in [0.29, 0.717) is 5.56 Å². The van der Waals surface area contributed by atoms with Gasteiger partial charge in [-0.15, -0.1) is 0 Å². The second-order valence-corrected chi connectivity index (χ2v) is 6.88. The maximum absolute atomic E-state index is 12.7. The zero-order valence-corrected chi connectivity index (χ0v) is 14.7. The summed E-state index contributed by atoms with van der Waals surface area (Å²) in [6.45, 7) is 1.63. The van der Waals surface area contributed by atoms with Crippen molar-refractivity contribution in [3.05, 3.63) is 70.9 Å². The molecule has 1 atom stereocenters. The molecule has 0 bridgehead atoms. The van der Waals surface area contributed by atoms with Crippen LogP contribution in [0.4, 0.5) is 0 Å². The normalized spacial score (nSPS) is 14.2. The molecular weight excluding hydrogens is 326 g/mol. The molecule has 3 aromatic rings. The molecule has 0 fully saturated rings. The molecule has 1 aliphatic rings. The van der Waals surface area contributed by atoms with Crippen LogP contribution in [0.25, 0.3) is 10.9 Å². The highest BCUT2D eigenvalue weighted by Crippen LogP contribution is 2.23. The van der Waals surface area contributed by atoms with Crippen molar-refractivity contribution in [2.75, 3.05) is 0 Å². The maximum Gasteiger partial charge on any atom is 0.310 e. The lowest BCUT2D eigenvalue weighted by Gasteiger charge is -2.12. The number of aryl methyl sites for hydroxylation is 2. The minimum atomic E-state index is -0.809. The standard InChI is InChI=1S/C22H21NO3/c1-14(22(25)19-13-23-20-8-3-2-7-18(19)20)26-21(24)12-15-9-10-16-5-4-6-17(16)11-15/h2-3,7-11,13-14,23H,4-6,12H2,1H3/t14-/m1/s1. The minimum Gasteiger partial charge on any atom is -0.454 e. The topological polar surface area (TPSA) is 59.2 Å². The molecule has 4 rings (SSSR count). The van der Waals surface area contributed by atoms with Crippen molar-refractivity contribution in [2.45, 2.75) is 38.7 Å². The quantitative estimate of drug-likeness (QED) is 0.560.